The number of rotatable bonds is 4. The maximum absolute atomic E-state index is 13.8. The first-order valence-corrected chi connectivity index (χ1v) is 9.23. The fourth-order valence-electron chi connectivity index (χ4n) is 3.28. The fraction of sp³-hybridized carbons (Fsp3) is 0.263. The number of fused-ring (bicyclic) bond motifs is 1. The average molecular weight is 399 g/mol. The van der Waals surface area contributed by atoms with Crippen LogP contribution in [0.1, 0.15) is 29.7 Å². The minimum absolute atomic E-state index is 0.168. The lowest BCUT2D eigenvalue weighted by Gasteiger charge is -2.12. The predicted molar refractivity (Wildman–Crippen MR) is 101 cm³/mol. The smallest absolute Gasteiger partial charge is 0.230 e. The maximum atomic E-state index is 13.8. The molecule has 3 aromatic rings. The third-order valence-corrected chi connectivity index (χ3v) is 5.05. The number of amides is 1. The Bertz CT molecular complexity index is 1100. The molecule has 3 heterocycles. The SMILES string of the molecule is N#Cc1cnn(-c2nn3c(c2Cl)CCCC3)c1NC(=O)Cc1ccccc1F. The lowest BCUT2D eigenvalue weighted by Crippen LogP contribution is -2.19. The zero-order valence-corrected chi connectivity index (χ0v) is 15.6. The lowest BCUT2D eigenvalue weighted by atomic mass is 10.1. The molecule has 142 valence electrons. The van der Waals surface area contributed by atoms with Crippen LogP contribution in [0.25, 0.3) is 5.82 Å². The van der Waals surface area contributed by atoms with E-state index in [0.717, 1.165) is 31.5 Å². The van der Waals surface area contributed by atoms with Crippen molar-refractivity contribution in [3.05, 3.63) is 58.1 Å². The topological polar surface area (TPSA) is 88.5 Å². The molecule has 28 heavy (non-hydrogen) atoms. The van der Waals surface area contributed by atoms with E-state index in [0.29, 0.717) is 10.8 Å². The molecule has 0 aliphatic carbocycles. The van der Waals surface area contributed by atoms with Gasteiger partial charge in [0.15, 0.2) is 11.6 Å². The quantitative estimate of drug-likeness (QED) is 0.730. The van der Waals surface area contributed by atoms with Crippen LogP contribution >= 0.6 is 11.6 Å². The standard InChI is InChI=1S/C19H16ClFN6O/c20-17-15-7-3-4-8-26(15)25-19(17)27-18(13(10-22)11-23-27)24-16(28)9-12-5-1-2-6-14(12)21/h1-2,5-6,11H,3-4,7-9H2,(H,24,28). The van der Waals surface area contributed by atoms with Gasteiger partial charge >= 0.3 is 0 Å². The number of nitrogens with zero attached hydrogens (tertiary/aromatic N) is 5. The summed E-state index contributed by atoms with van der Waals surface area (Å²) in [4.78, 5) is 12.5. The van der Waals surface area contributed by atoms with E-state index in [1.54, 1.807) is 12.1 Å². The van der Waals surface area contributed by atoms with Gasteiger partial charge in [-0.1, -0.05) is 29.8 Å². The molecule has 4 rings (SSSR count). The van der Waals surface area contributed by atoms with Gasteiger partial charge in [-0.05, 0) is 30.9 Å². The molecule has 7 nitrogen and oxygen atoms in total. The highest BCUT2D eigenvalue weighted by Crippen LogP contribution is 2.31. The summed E-state index contributed by atoms with van der Waals surface area (Å²) < 4.78 is 17.0. The van der Waals surface area contributed by atoms with Gasteiger partial charge in [-0.2, -0.15) is 20.1 Å². The number of aromatic nitrogens is 4. The Morgan fingerprint density at radius 3 is 2.93 bits per heavy atom. The highest BCUT2D eigenvalue weighted by atomic mass is 35.5. The number of anilines is 1. The molecule has 0 spiro atoms. The molecule has 0 saturated heterocycles. The normalized spacial score (nSPS) is 13.0. The number of nitrogens with one attached hydrogen (secondary N) is 1. The van der Waals surface area contributed by atoms with Crippen LogP contribution < -0.4 is 5.32 Å². The highest BCUT2D eigenvalue weighted by Gasteiger charge is 2.24. The van der Waals surface area contributed by atoms with Gasteiger partial charge < -0.3 is 5.32 Å². The first kappa shape index (κ1) is 18.2. The number of carbonyl (C=O) groups is 1. The number of hydrogen-bond donors (Lipinski definition) is 1. The number of nitriles is 1. The van der Waals surface area contributed by atoms with Crippen molar-refractivity contribution in [1.82, 2.24) is 19.6 Å². The average Bonchev–Trinajstić information content (AvgIpc) is 3.24. The Morgan fingerprint density at radius 1 is 1.36 bits per heavy atom. The zero-order chi connectivity index (χ0) is 19.7. The zero-order valence-electron chi connectivity index (χ0n) is 14.8. The van der Waals surface area contributed by atoms with Gasteiger partial charge in [0.2, 0.25) is 5.91 Å². The van der Waals surface area contributed by atoms with Crippen molar-refractivity contribution in [3.8, 4) is 11.9 Å². The number of halogens is 2. The Hall–Kier alpha value is -3.18. The van der Waals surface area contributed by atoms with Crippen molar-refractivity contribution in [2.75, 3.05) is 5.32 Å². The fourth-order valence-corrected chi connectivity index (χ4v) is 3.59. The molecule has 1 aromatic carbocycles. The summed E-state index contributed by atoms with van der Waals surface area (Å²) in [6.07, 6.45) is 4.02. The van der Waals surface area contributed by atoms with Crippen molar-refractivity contribution >= 4 is 23.3 Å². The number of carbonyl (C=O) groups excluding carboxylic acids is 1. The number of aryl methyl sites for hydroxylation is 1. The maximum Gasteiger partial charge on any atom is 0.230 e. The summed E-state index contributed by atoms with van der Waals surface area (Å²) in [5.41, 5.74) is 1.35. The van der Waals surface area contributed by atoms with Crippen molar-refractivity contribution in [2.45, 2.75) is 32.2 Å². The highest BCUT2D eigenvalue weighted by molar-refractivity contribution is 6.33. The van der Waals surface area contributed by atoms with E-state index in [4.69, 9.17) is 11.6 Å². The molecular weight excluding hydrogens is 383 g/mol. The first-order chi connectivity index (χ1) is 13.6. The van der Waals surface area contributed by atoms with E-state index >= 15 is 0 Å². The molecule has 0 fully saturated rings. The Kier molecular flexibility index (Phi) is 4.84. The second kappa shape index (κ2) is 7.44. The second-order valence-corrected chi connectivity index (χ2v) is 6.89. The van der Waals surface area contributed by atoms with Crippen molar-refractivity contribution in [3.63, 3.8) is 0 Å². The molecular formula is C19H16ClFN6O. The summed E-state index contributed by atoms with van der Waals surface area (Å²) in [5, 5.41) is 21.2. The molecule has 1 amide bonds. The van der Waals surface area contributed by atoms with Gasteiger partial charge in [0.05, 0.1) is 18.3 Å². The molecule has 0 bridgehead atoms. The van der Waals surface area contributed by atoms with Crippen LogP contribution in [-0.4, -0.2) is 25.5 Å². The van der Waals surface area contributed by atoms with E-state index in [1.165, 1.54) is 23.0 Å². The van der Waals surface area contributed by atoms with E-state index in [9.17, 15) is 14.4 Å². The van der Waals surface area contributed by atoms with E-state index in [-0.39, 0.29) is 23.4 Å². The Morgan fingerprint density at radius 2 is 2.18 bits per heavy atom. The van der Waals surface area contributed by atoms with Crippen molar-refractivity contribution in [2.24, 2.45) is 0 Å². The predicted octanol–water partition coefficient (Wildman–Crippen LogP) is 3.25. The van der Waals surface area contributed by atoms with Crippen LogP contribution in [0.3, 0.4) is 0 Å². The largest absolute Gasteiger partial charge is 0.309 e. The minimum atomic E-state index is -0.469. The van der Waals surface area contributed by atoms with Gasteiger partial charge in [0.1, 0.15) is 22.5 Å². The van der Waals surface area contributed by atoms with Crippen LogP contribution in [0, 0.1) is 17.1 Å². The summed E-state index contributed by atoms with van der Waals surface area (Å²) in [7, 11) is 0. The molecule has 0 atom stereocenters. The number of benzene rings is 1. The summed E-state index contributed by atoms with van der Waals surface area (Å²) >= 11 is 6.50. The Labute approximate surface area is 165 Å². The molecule has 0 saturated carbocycles. The molecule has 1 aliphatic rings. The monoisotopic (exact) mass is 398 g/mol. The van der Waals surface area contributed by atoms with Crippen LogP contribution in [0.5, 0.6) is 0 Å². The molecule has 2 aromatic heterocycles. The molecule has 0 unspecified atom stereocenters. The van der Waals surface area contributed by atoms with E-state index in [1.807, 2.05) is 10.8 Å². The number of hydrogen-bond acceptors (Lipinski definition) is 4. The van der Waals surface area contributed by atoms with Crippen molar-refractivity contribution in [1.29, 1.82) is 5.26 Å². The summed E-state index contributed by atoms with van der Waals surface area (Å²) in [6.45, 7) is 0.760. The van der Waals surface area contributed by atoms with Crippen LogP contribution in [-0.2, 0) is 24.2 Å². The minimum Gasteiger partial charge on any atom is -0.309 e. The summed E-state index contributed by atoms with van der Waals surface area (Å²) in [6, 6.07) is 8.05. The third-order valence-electron chi connectivity index (χ3n) is 4.67. The molecule has 0 radical (unpaired) electrons. The lowest BCUT2D eigenvalue weighted by molar-refractivity contribution is -0.115. The van der Waals surface area contributed by atoms with Crippen molar-refractivity contribution < 1.29 is 9.18 Å². The van der Waals surface area contributed by atoms with Gasteiger partial charge in [0, 0.05) is 6.54 Å². The molecule has 1 aliphatic heterocycles. The van der Waals surface area contributed by atoms with E-state index in [2.05, 4.69) is 15.5 Å². The van der Waals surface area contributed by atoms with Gasteiger partial charge in [-0.15, -0.1) is 0 Å². The third kappa shape index (κ3) is 3.25. The van der Waals surface area contributed by atoms with E-state index < -0.39 is 11.7 Å². The van der Waals surface area contributed by atoms with Gasteiger partial charge in [-0.25, -0.2) is 4.39 Å². The van der Waals surface area contributed by atoms with Gasteiger partial charge in [-0.3, -0.25) is 9.48 Å². The second-order valence-electron chi connectivity index (χ2n) is 6.51. The van der Waals surface area contributed by atoms with Crippen LogP contribution in [0.2, 0.25) is 5.02 Å². The first-order valence-electron chi connectivity index (χ1n) is 8.85. The van der Waals surface area contributed by atoms with Crippen LogP contribution in [0.4, 0.5) is 10.2 Å². The Balaban J connectivity index is 1.66. The summed E-state index contributed by atoms with van der Waals surface area (Å²) in [5.74, 6) is -0.401. The van der Waals surface area contributed by atoms with Gasteiger partial charge in [0.25, 0.3) is 0 Å². The van der Waals surface area contributed by atoms with Crippen LogP contribution in [0.15, 0.2) is 30.5 Å². The molecule has 1 N–H and O–H groups in total. The molecule has 9 heteroatoms.